The van der Waals surface area contributed by atoms with Crippen LogP contribution in [0, 0.1) is 6.92 Å². The minimum absolute atomic E-state index is 0.132. The lowest BCUT2D eigenvalue weighted by Gasteiger charge is -2.35. The number of anilines is 1. The quantitative estimate of drug-likeness (QED) is 0.751. The summed E-state index contributed by atoms with van der Waals surface area (Å²) in [7, 11) is 4.17. The number of fused-ring (bicyclic) bond motifs is 1. The molecule has 1 aliphatic rings. The van der Waals surface area contributed by atoms with Crippen molar-refractivity contribution in [1.82, 2.24) is 25.0 Å². The van der Waals surface area contributed by atoms with Crippen molar-refractivity contribution in [2.24, 2.45) is 0 Å². The van der Waals surface area contributed by atoms with Crippen molar-refractivity contribution in [3.05, 3.63) is 36.4 Å². The number of amides is 2. The number of hydrogen-bond acceptors (Lipinski definition) is 6. The maximum absolute atomic E-state index is 12.6. The van der Waals surface area contributed by atoms with Gasteiger partial charge >= 0.3 is 6.03 Å². The summed E-state index contributed by atoms with van der Waals surface area (Å²) in [5.74, 6) is 1.76. The Morgan fingerprint density at radius 1 is 1.21 bits per heavy atom. The molecule has 2 amide bonds. The lowest BCUT2D eigenvalue weighted by molar-refractivity contribution is 0.156. The van der Waals surface area contributed by atoms with Crippen LogP contribution in [0.1, 0.15) is 18.7 Å². The second kappa shape index (κ2) is 7.55. The zero-order valence-corrected chi connectivity index (χ0v) is 16.3. The van der Waals surface area contributed by atoms with Gasteiger partial charge in [-0.25, -0.2) is 9.78 Å². The van der Waals surface area contributed by atoms with Crippen LogP contribution < -0.4 is 5.32 Å². The predicted molar refractivity (Wildman–Crippen MR) is 107 cm³/mol. The van der Waals surface area contributed by atoms with Crippen molar-refractivity contribution < 1.29 is 9.21 Å². The summed E-state index contributed by atoms with van der Waals surface area (Å²) < 4.78 is 5.59. The highest BCUT2D eigenvalue weighted by Gasteiger charge is 2.24. The first-order valence-corrected chi connectivity index (χ1v) is 9.42. The van der Waals surface area contributed by atoms with Crippen LogP contribution in [0.15, 0.2) is 34.9 Å². The van der Waals surface area contributed by atoms with E-state index in [9.17, 15) is 4.79 Å². The van der Waals surface area contributed by atoms with E-state index >= 15 is 0 Å². The molecule has 8 nitrogen and oxygen atoms in total. The molecule has 8 heteroatoms. The van der Waals surface area contributed by atoms with E-state index in [4.69, 9.17) is 4.42 Å². The standard InChI is InChI=1S/C20H24N6O2/c1-13-21-12-18(28-13)14-4-5-17-15(10-14)11-19(24-23-17)22-20(27)26-8-6-16(7-9-26)25(2)3/h4-5,10-12,16H,6-9H2,1-3H3,(H,22,24,27). The number of carbonyl (C=O) groups is 1. The number of aromatic nitrogens is 3. The van der Waals surface area contributed by atoms with Gasteiger partial charge in [-0.15, -0.1) is 10.2 Å². The molecule has 3 heterocycles. The molecule has 1 fully saturated rings. The average Bonchev–Trinajstić information content (AvgIpc) is 3.14. The molecule has 0 atom stereocenters. The topological polar surface area (TPSA) is 87.4 Å². The van der Waals surface area contributed by atoms with Crippen LogP contribution in [0.25, 0.3) is 22.2 Å². The Morgan fingerprint density at radius 2 is 2.00 bits per heavy atom. The Kier molecular flexibility index (Phi) is 4.95. The molecule has 3 aromatic rings. The van der Waals surface area contributed by atoms with Crippen LogP contribution >= 0.6 is 0 Å². The van der Waals surface area contributed by atoms with E-state index in [2.05, 4.69) is 39.5 Å². The van der Waals surface area contributed by atoms with E-state index in [0.717, 1.165) is 42.4 Å². The van der Waals surface area contributed by atoms with Gasteiger partial charge in [-0.2, -0.15) is 0 Å². The number of nitrogens with zero attached hydrogens (tertiary/aromatic N) is 5. The van der Waals surface area contributed by atoms with Gasteiger partial charge in [-0.3, -0.25) is 5.32 Å². The van der Waals surface area contributed by atoms with E-state index in [0.29, 0.717) is 23.5 Å². The molecule has 146 valence electrons. The van der Waals surface area contributed by atoms with E-state index in [1.807, 2.05) is 36.1 Å². The number of likely N-dealkylation sites (tertiary alicyclic amines) is 1. The molecule has 0 spiro atoms. The normalized spacial score (nSPS) is 15.4. The Hall–Kier alpha value is -3.00. The fourth-order valence-corrected chi connectivity index (χ4v) is 3.53. The van der Waals surface area contributed by atoms with Gasteiger partial charge in [0.25, 0.3) is 0 Å². The molecule has 2 aromatic heterocycles. The fourth-order valence-electron chi connectivity index (χ4n) is 3.53. The summed E-state index contributed by atoms with van der Waals surface area (Å²) >= 11 is 0. The SMILES string of the molecule is Cc1ncc(-c2ccc3nnc(NC(=O)N4CCC(N(C)C)CC4)cc3c2)o1. The maximum Gasteiger partial charge on any atom is 0.323 e. The van der Waals surface area contributed by atoms with Crippen molar-refractivity contribution in [3.8, 4) is 11.3 Å². The third kappa shape index (κ3) is 3.82. The summed E-state index contributed by atoms with van der Waals surface area (Å²) in [6.45, 7) is 3.29. The highest BCUT2D eigenvalue weighted by atomic mass is 16.4. The highest BCUT2D eigenvalue weighted by molar-refractivity contribution is 5.91. The molecular weight excluding hydrogens is 356 g/mol. The van der Waals surface area contributed by atoms with Gasteiger partial charge in [-0.05, 0) is 51.2 Å². The van der Waals surface area contributed by atoms with Crippen LogP contribution in [0.3, 0.4) is 0 Å². The van der Waals surface area contributed by atoms with Crippen LogP contribution in [0.4, 0.5) is 10.6 Å². The summed E-state index contributed by atoms with van der Waals surface area (Å²) in [4.78, 5) is 20.8. The van der Waals surface area contributed by atoms with Gasteiger partial charge in [0, 0.05) is 37.0 Å². The molecule has 0 radical (unpaired) electrons. The number of benzene rings is 1. The fraction of sp³-hybridized carbons (Fsp3) is 0.400. The van der Waals surface area contributed by atoms with E-state index in [1.165, 1.54) is 0 Å². The second-order valence-electron chi connectivity index (χ2n) is 7.36. The predicted octanol–water partition coefficient (Wildman–Crippen LogP) is 3.15. The van der Waals surface area contributed by atoms with Crippen molar-refractivity contribution in [2.45, 2.75) is 25.8 Å². The Morgan fingerprint density at radius 3 is 2.68 bits per heavy atom. The van der Waals surface area contributed by atoms with Crippen molar-refractivity contribution >= 4 is 22.8 Å². The van der Waals surface area contributed by atoms with Gasteiger partial charge in [-0.1, -0.05) is 0 Å². The summed E-state index contributed by atoms with van der Waals surface area (Å²) in [6.07, 6.45) is 3.65. The number of aryl methyl sites for hydroxylation is 1. The number of hydrogen-bond donors (Lipinski definition) is 1. The van der Waals surface area contributed by atoms with E-state index < -0.39 is 0 Å². The highest BCUT2D eigenvalue weighted by Crippen LogP contribution is 2.25. The Labute approximate surface area is 163 Å². The molecule has 28 heavy (non-hydrogen) atoms. The second-order valence-corrected chi connectivity index (χ2v) is 7.36. The number of carbonyl (C=O) groups excluding carboxylic acids is 1. The molecule has 0 unspecified atom stereocenters. The largest absolute Gasteiger partial charge is 0.441 e. The lowest BCUT2D eigenvalue weighted by Crippen LogP contribution is -2.46. The number of urea groups is 1. The molecule has 0 aliphatic carbocycles. The number of nitrogens with one attached hydrogen (secondary N) is 1. The molecule has 1 aromatic carbocycles. The summed E-state index contributed by atoms with van der Waals surface area (Å²) in [5.41, 5.74) is 1.66. The van der Waals surface area contributed by atoms with Crippen LogP contribution in [-0.2, 0) is 0 Å². The first kappa shape index (κ1) is 18.4. The number of piperidine rings is 1. The summed E-state index contributed by atoms with van der Waals surface area (Å²) in [5, 5.41) is 12.1. The molecule has 0 bridgehead atoms. The van der Waals surface area contributed by atoms with Crippen molar-refractivity contribution in [2.75, 3.05) is 32.5 Å². The molecule has 1 N–H and O–H groups in total. The van der Waals surface area contributed by atoms with Crippen LogP contribution in [0.5, 0.6) is 0 Å². The maximum atomic E-state index is 12.6. The Bertz CT molecular complexity index is 991. The third-order valence-electron chi connectivity index (χ3n) is 5.21. The van der Waals surface area contributed by atoms with E-state index in [1.54, 1.807) is 6.20 Å². The number of rotatable bonds is 3. The van der Waals surface area contributed by atoms with Gasteiger partial charge in [0.1, 0.15) is 0 Å². The number of oxazole rings is 1. The van der Waals surface area contributed by atoms with Gasteiger partial charge in [0.05, 0.1) is 11.7 Å². The van der Waals surface area contributed by atoms with Crippen molar-refractivity contribution in [3.63, 3.8) is 0 Å². The minimum atomic E-state index is -0.132. The van der Waals surface area contributed by atoms with Gasteiger partial charge < -0.3 is 14.2 Å². The zero-order valence-electron chi connectivity index (χ0n) is 16.3. The molecule has 4 rings (SSSR count). The lowest BCUT2D eigenvalue weighted by atomic mass is 10.0. The van der Waals surface area contributed by atoms with E-state index in [-0.39, 0.29) is 6.03 Å². The zero-order chi connectivity index (χ0) is 19.7. The average molecular weight is 380 g/mol. The van der Waals surface area contributed by atoms with Gasteiger partial charge in [0.2, 0.25) is 0 Å². The molecule has 1 saturated heterocycles. The first-order valence-electron chi connectivity index (χ1n) is 9.42. The van der Waals surface area contributed by atoms with Crippen molar-refractivity contribution in [1.29, 1.82) is 0 Å². The Balaban J connectivity index is 1.49. The molecule has 1 aliphatic heterocycles. The monoisotopic (exact) mass is 380 g/mol. The molecular formula is C20H24N6O2. The smallest absolute Gasteiger partial charge is 0.323 e. The first-order chi connectivity index (χ1) is 13.5. The van der Waals surface area contributed by atoms with Crippen LogP contribution in [-0.4, -0.2) is 64.2 Å². The minimum Gasteiger partial charge on any atom is -0.441 e. The summed E-state index contributed by atoms with van der Waals surface area (Å²) in [6, 6.07) is 7.99. The van der Waals surface area contributed by atoms with Gasteiger partial charge in [0.15, 0.2) is 17.5 Å². The molecule has 0 saturated carbocycles. The van der Waals surface area contributed by atoms with Crippen LogP contribution in [0.2, 0.25) is 0 Å². The third-order valence-corrected chi connectivity index (χ3v) is 5.21.